The van der Waals surface area contributed by atoms with Crippen LogP contribution in [0.1, 0.15) is 17.8 Å². The molecule has 0 amide bonds. The summed E-state index contributed by atoms with van der Waals surface area (Å²) in [7, 11) is 0. The lowest BCUT2D eigenvalue weighted by atomic mass is 10.1. The van der Waals surface area contributed by atoms with E-state index < -0.39 is 0 Å². The Hall–Kier alpha value is -0.840. The van der Waals surface area contributed by atoms with Crippen LogP contribution in [0.4, 0.5) is 0 Å². The highest BCUT2D eigenvalue weighted by Crippen LogP contribution is 2.37. The van der Waals surface area contributed by atoms with Crippen molar-refractivity contribution >= 4 is 22.9 Å². The van der Waals surface area contributed by atoms with Gasteiger partial charge in [-0.1, -0.05) is 11.6 Å². The predicted octanol–water partition coefficient (Wildman–Crippen LogP) is 2.71. The van der Waals surface area contributed by atoms with Crippen molar-refractivity contribution in [3.05, 3.63) is 27.9 Å². The summed E-state index contributed by atoms with van der Waals surface area (Å²) in [5.41, 5.74) is 9.42. The zero-order valence-electron chi connectivity index (χ0n) is 9.45. The van der Waals surface area contributed by atoms with Crippen molar-refractivity contribution in [1.29, 1.82) is 0 Å². The van der Waals surface area contributed by atoms with Crippen LogP contribution in [0.25, 0.3) is 10.4 Å². The second-order valence-corrected chi connectivity index (χ2v) is 5.95. The van der Waals surface area contributed by atoms with Crippen molar-refractivity contribution in [3.8, 4) is 10.4 Å². The fourth-order valence-corrected chi connectivity index (χ4v) is 3.56. The van der Waals surface area contributed by atoms with Crippen molar-refractivity contribution in [2.24, 2.45) is 5.73 Å². The zero-order valence-corrected chi connectivity index (χ0v) is 11.0. The molecule has 0 saturated carbocycles. The van der Waals surface area contributed by atoms with E-state index in [-0.39, 0.29) is 0 Å². The first-order chi connectivity index (χ1) is 8.29. The molecule has 3 nitrogen and oxygen atoms in total. The predicted molar refractivity (Wildman–Crippen MR) is 71.6 cm³/mol. The number of aromatic nitrogens is 2. The van der Waals surface area contributed by atoms with Crippen molar-refractivity contribution in [3.63, 3.8) is 0 Å². The molecule has 1 aliphatic rings. The Morgan fingerprint density at radius 3 is 3.06 bits per heavy atom. The van der Waals surface area contributed by atoms with Gasteiger partial charge in [0.1, 0.15) is 0 Å². The Kier molecular flexibility index (Phi) is 2.94. The van der Waals surface area contributed by atoms with Crippen LogP contribution < -0.4 is 5.73 Å². The first kappa shape index (κ1) is 11.3. The highest BCUT2D eigenvalue weighted by molar-refractivity contribution is 7.19. The summed E-state index contributed by atoms with van der Waals surface area (Å²) >= 11 is 7.65. The third kappa shape index (κ3) is 1.90. The van der Waals surface area contributed by atoms with Gasteiger partial charge < -0.3 is 5.73 Å². The van der Waals surface area contributed by atoms with Gasteiger partial charge in [0.25, 0.3) is 0 Å². The van der Waals surface area contributed by atoms with E-state index in [1.807, 2.05) is 6.07 Å². The maximum Gasteiger partial charge on any atom is 0.0934 e. The molecule has 0 atom stereocenters. The van der Waals surface area contributed by atoms with Gasteiger partial charge in [0.15, 0.2) is 0 Å². The summed E-state index contributed by atoms with van der Waals surface area (Å²) in [6.45, 7) is 1.68. The van der Waals surface area contributed by atoms with Gasteiger partial charge in [-0.15, -0.1) is 11.3 Å². The molecule has 0 spiro atoms. The monoisotopic (exact) mass is 267 g/mol. The van der Waals surface area contributed by atoms with Crippen LogP contribution in [0.5, 0.6) is 0 Å². The quantitative estimate of drug-likeness (QED) is 0.929. The SMILES string of the molecule is NCCc1nn2c(c1-c1ccc(Cl)s1)CCC2. The van der Waals surface area contributed by atoms with Gasteiger partial charge in [-0.25, -0.2) is 0 Å². The molecule has 5 heteroatoms. The van der Waals surface area contributed by atoms with E-state index in [9.17, 15) is 0 Å². The Morgan fingerprint density at radius 1 is 1.47 bits per heavy atom. The van der Waals surface area contributed by atoms with E-state index in [0.29, 0.717) is 6.54 Å². The van der Waals surface area contributed by atoms with E-state index in [1.54, 1.807) is 11.3 Å². The third-order valence-corrected chi connectivity index (χ3v) is 4.36. The summed E-state index contributed by atoms with van der Waals surface area (Å²) in [5.74, 6) is 0. The fraction of sp³-hybridized carbons (Fsp3) is 0.417. The summed E-state index contributed by atoms with van der Waals surface area (Å²) in [4.78, 5) is 1.22. The zero-order chi connectivity index (χ0) is 11.8. The number of aryl methyl sites for hydroxylation is 1. The van der Waals surface area contributed by atoms with Crippen LogP contribution in [0.2, 0.25) is 4.34 Å². The Labute approximate surface area is 109 Å². The molecule has 3 rings (SSSR count). The molecule has 0 radical (unpaired) electrons. The first-order valence-electron chi connectivity index (χ1n) is 5.84. The summed E-state index contributed by atoms with van der Waals surface area (Å²) in [5, 5.41) is 4.67. The van der Waals surface area contributed by atoms with Gasteiger partial charge in [0.2, 0.25) is 0 Å². The fourth-order valence-electron chi connectivity index (χ4n) is 2.43. The average molecular weight is 268 g/mol. The lowest BCUT2D eigenvalue weighted by molar-refractivity contribution is 0.643. The Morgan fingerprint density at radius 2 is 2.35 bits per heavy atom. The number of halogens is 1. The number of rotatable bonds is 3. The summed E-state index contributed by atoms with van der Waals surface area (Å²) in [6, 6.07) is 4.04. The molecule has 1 aliphatic heterocycles. The van der Waals surface area contributed by atoms with Crippen LogP contribution in [0, 0.1) is 0 Å². The second-order valence-electron chi connectivity index (χ2n) is 4.24. The minimum Gasteiger partial charge on any atom is -0.330 e. The summed E-state index contributed by atoms with van der Waals surface area (Å²) < 4.78 is 2.96. The molecule has 0 aliphatic carbocycles. The molecular formula is C12H14ClN3S. The van der Waals surface area contributed by atoms with E-state index in [1.165, 1.54) is 22.6 Å². The van der Waals surface area contributed by atoms with E-state index >= 15 is 0 Å². The topological polar surface area (TPSA) is 43.8 Å². The van der Waals surface area contributed by atoms with Crippen LogP contribution in [0.3, 0.4) is 0 Å². The number of hydrogen-bond donors (Lipinski definition) is 1. The molecule has 0 bridgehead atoms. The van der Waals surface area contributed by atoms with Crippen LogP contribution in [-0.2, 0) is 19.4 Å². The highest BCUT2D eigenvalue weighted by Gasteiger charge is 2.23. The van der Waals surface area contributed by atoms with Gasteiger partial charge in [-0.3, -0.25) is 4.68 Å². The normalized spacial score (nSPS) is 14.2. The molecular weight excluding hydrogens is 254 g/mol. The van der Waals surface area contributed by atoms with Gasteiger partial charge in [-0.2, -0.15) is 5.10 Å². The summed E-state index contributed by atoms with van der Waals surface area (Å²) in [6.07, 6.45) is 3.14. The molecule has 2 aromatic heterocycles. The third-order valence-electron chi connectivity index (χ3n) is 3.11. The minimum atomic E-state index is 0.641. The molecule has 0 aromatic carbocycles. The number of thiophene rings is 1. The molecule has 2 aromatic rings. The Balaban J connectivity index is 2.12. The van der Waals surface area contributed by atoms with Gasteiger partial charge in [0, 0.05) is 29.1 Å². The lowest BCUT2D eigenvalue weighted by Gasteiger charge is -2.00. The van der Waals surface area contributed by atoms with E-state index in [0.717, 1.165) is 29.4 Å². The van der Waals surface area contributed by atoms with E-state index in [2.05, 4.69) is 15.8 Å². The molecule has 17 heavy (non-hydrogen) atoms. The molecule has 90 valence electrons. The first-order valence-corrected chi connectivity index (χ1v) is 7.03. The average Bonchev–Trinajstić information content (AvgIpc) is 2.94. The van der Waals surface area contributed by atoms with Crippen LogP contribution in [0.15, 0.2) is 12.1 Å². The maximum absolute atomic E-state index is 6.02. The van der Waals surface area contributed by atoms with Gasteiger partial charge in [-0.05, 0) is 31.5 Å². The lowest BCUT2D eigenvalue weighted by Crippen LogP contribution is -2.05. The van der Waals surface area contributed by atoms with Crippen LogP contribution in [-0.4, -0.2) is 16.3 Å². The molecule has 2 N–H and O–H groups in total. The standard InChI is InChI=1S/C12H14ClN3S/c13-11-4-3-10(17-11)12-8(5-6-14)15-16-7-1-2-9(12)16/h3-4H,1-2,5-7,14H2. The minimum absolute atomic E-state index is 0.641. The largest absolute Gasteiger partial charge is 0.330 e. The van der Waals surface area contributed by atoms with Crippen molar-refractivity contribution in [1.82, 2.24) is 9.78 Å². The smallest absolute Gasteiger partial charge is 0.0934 e. The van der Waals surface area contributed by atoms with Crippen molar-refractivity contribution < 1.29 is 0 Å². The number of hydrogen-bond acceptors (Lipinski definition) is 3. The molecule has 0 fully saturated rings. The molecule has 3 heterocycles. The Bertz CT molecular complexity index is 544. The maximum atomic E-state index is 6.02. The van der Waals surface area contributed by atoms with Crippen molar-refractivity contribution in [2.75, 3.05) is 6.54 Å². The molecule has 0 saturated heterocycles. The van der Waals surface area contributed by atoms with Gasteiger partial charge in [0.05, 0.1) is 10.0 Å². The van der Waals surface area contributed by atoms with Crippen LogP contribution >= 0.6 is 22.9 Å². The van der Waals surface area contributed by atoms with Crippen molar-refractivity contribution in [2.45, 2.75) is 25.8 Å². The number of nitrogens with zero attached hydrogens (tertiary/aromatic N) is 2. The number of fused-ring (bicyclic) bond motifs is 1. The second kappa shape index (κ2) is 4.44. The van der Waals surface area contributed by atoms with E-state index in [4.69, 9.17) is 17.3 Å². The molecule has 0 unspecified atom stereocenters. The number of nitrogens with two attached hydrogens (primary N) is 1. The highest BCUT2D eigenvalue weighted by atomic mass is 35.5. The van der Waals surface area contributed by atoms with Gasteiger partial charge >= 0.3 is 0 Å².